The van der Waals surface area contributed by atoms with Gasteiger partial charge in [0.05, 0.1) is 37.6 Å². The van der Waals surface area contributed by atoms with Crippen molar-refractivity contribution in [1.29, 1.82) is 0 Å². The van der Waals surface area contributed by atoms with Gasteiger partial charge in [0.15, 0.2) is 34.5 Å². The lowest BCUT2D eigenvalue weighted by molar-refractivity contribution is 0.0426. The summed E-state index contributed by atoms with van der Waals surface area (Å²) in [6.07, 6.45) is 12.3. The van der Waals surface area contributed by atoms with Gasteiger partial charge in [-0.3, -0.25) is 0 Å². The van der Waals surface area contributed by atoms with Crippen molar-refractivity contribution >= 4 is 44.3 Å². The number of carbonyl (C=O) groups excluding carboxylic acids is 2. The van der Waals surface area contributed by atoms with E-state index in [0.29, 0.717) is 72.1 Å². The van der Waals surface area contributed by atoms with Crippen LogP contribution in [-0.4, -0.2) is 64.8 Å². The van der Waals surface area contributed by atoms with E-state index in [4.69, 9.17) is 37.9 Å². The molecule has 0 amide bonds. The predicted octanol–water partition coefficient (Wildman–Crippen LogP) is 13.9. The summed E-state index contributed by atoms with van der Waals surface area (Å²) in [4.78, 5) is 25.6. The Kier molecular flexibility index (Phi) is 19.9. The van der Waals surface area contributed by atoms with Gasteiger partial charge in [0.25, 0.3) is 0 Å². The fourth-order valence-electron chi connectivity index (χ4n) is 7.72. The largest absolute Gasteiger partial charge is 0.490 e. The molecule has 66 heavy (non-hydrogen) atoms. The molecule has 0 unspecified atom stereocenters. The summed E-state index contributed by atoms with van der Waals surface area (Å²) < 4.78 is 50.2. The van der Waals surface area contributed by atoms with Crippen molar-refractivity contribution in [2.75, 3.05) is 52.9 Å². The number of ether oxygens (including phenoxy) is 8. The zero-order valence-corrected chi connectivity index (χ0v) is 39.5. The van der Waals surface area contributed by atoms with Crippen LogP contribution in [0.4, 0.5) is 0 Å². The van der Waals surface area contributed by atoms with Gasteiger partial charge in [-0.05, 0) is 119 Å². The number of carbonyl (C=O) groups is 2. The average molecular weight is 901 g/mol. The summed E-state index contributed by atoms with van der Waals surface area (Å²) in [5, 5.41) is 5.57. The summed E-state index contributed by atoms with van der Waals surface area (Å²) >= 11 is 0. The average Bonchev–Trinajstić information content (AvgIpc) is 3.35. The lowest BCUT2D eigenvalue weighted by atomic mass is 9.93. The van der Waals surface area contributed by atoms with Crippen molar-refractivity contribution < 1.29 is 47.5 Å². The summed E-state index contributed by atoms with van der Waals surface area (Å²) in [7, 11) is 0. The smallest absolute Gasteiger partial charge is 0.338 e. The third-order valence-corrected chi connectivity index (χ3v) is 11.3. The minimum Gasteiger partial charge on any atom is -0.490 e. The molecule has 352 valence electrons. The number of hydrogen-bond donors (Lipinski definition) is 0. The maximum absolute atomic E-state index is 12.8. The van der Waals surface area contributed by atoms with Gasteiger partial charge in [0.1, 0.15) is 26.4 Å². The molecular weight excluding hydrogens is 833 g/mol. The van der Waals surface area contributed by atoms with Gasteiger partial charge in [-0.15, -0.1) is 0 Å². The second-order valence-corrected chi connectivity index (χ2v) is 16.5. The number of fused-ring (bicyclic) bond motifs is 6. The highest BCUT2D eigenvalue weighted by molar-refractivity contribution is 6.27. The molecule has 0 saturated carbocycles. The second kappa shape index (κ2) is 26.7. The molecular formula is C56H68O10. The van der Waals surface area contributed by atoms with Gasteiger partial charge < -0.3 is 37.9 Å². The van der Waals surface area contributed by atoms with E-state index >= 15 is 0 Å². The number of rotatable bonds is 30. The lowest BCUT2D eigenvalue weighted by Gasteiger charge is -2.21. The molecule has 0 fully saturated rings. The van der Waals surface area contributed by atoms with Crippen LogP contribution >= 0.6 is 0 Å². The molecule has 0 radical (unpaired) electrons. The van der Waals surface area contributed by atoms with Crippen LogP contribution in [-0.2, 0) is 9.47 Å². The zero-order chi connectivity index (χ0) is 46.4. The van der Waals surface area contributed by atoms with E-state index in [-0.39, 0.29) is 26.4 Å². The van der Waals surface area contributed by atoms with Crippen molar-refractivity contribution in [2.45, 2.75) is 105 Å². The van der Waals surface area contributed by atoms with Crippen LogP contribution in [0.2, 0.25) is 0 Å². The molecule has 0 aliphatic carbocycles. The Labute approximate surface area is 390 Å². The Bertz CT molecular complexity index is 2260. The first-order valence-electron chi connectivity index (χ1n) is 24.2. The fourth-order valence-corrected chi connectivity index (χ4v) is 7.72. The molecule has 0 saturated heterocycles. The molecule has 0 aromatic heterocycles. The molecule has 0 aliphatic rings. The van der Waals surface area contributed by atoms with Crippen molar-refractivity contribution in [3.63, 3.8) is 0 Å². The highest BCUT2D eigenvalue weighted by atomic mass is 16.6. The molecule has 0 bridgehead atoms. The highest BCUT2D eigenvalue weighted by Gasteiger charge is 2.21. The molecule has 6 aromatic carbocycles. The molecule has 0 atom stereocenters. The molecule has 10 nitrogen and oxygen atoms in total. The van der Waals surface area contributed by atoms with Gasteiger partial charge in [0.2, 0.25) is 0 Å². The van der Waals surface area contributed by atoms with Crippen molar-refractivity contribution in [2.24, 2.45) is 0 Å². The van der Waals surface area contributed by atoms with E-state index in [2.05, 4.69) is 52.0 Å². The first kappa shape index (κ1) is 49.3. The number of esters is 2. The standard InChI is InChI=1S/C56H68O10/c1-5-9-19-27-59-49-35-43-44-36-50(60-28-20-10-6-2)52(62-30-22-12-8-4)38-46(44)48-40-54(64-32-34-66-56(58)42-25-17-14-18-26-42)53(63-31-33-65-55(57)41-23-15-13-16-24-41)39-47(48)45(43)37-51(49)61-29-21-11-7-3/h13-18,23-26,35-40H,5-12,19-22,27-34H2,1-4H3. The Morgan fingerprint density at radius 2 is 0.561 bits per heavy atom. The molecule has 10 heteroatoms. The SMILES string of the molecule is CCCCCOc1cc2c3cc(OCCCCC)c(OCCCCC)cc3c3cc(OCCOC(=O)c4ccccc4)c(OCCOC(=O)c4ccccc4)cc3c2cc1OCCCCC. The quantitative estimate of drug-likeness (QED) is 0.0246. The molecule has 6 aromatic rings. The van der Waals surface area contributed by atoms with E-state index < -0.39 is 11.9 Å². The Morgan fingerprint density at radius 1 is 0.318 bits per heavy atom. The van der Waals surface area contributed by atoms with Crippen LogP contribution in [0.3, 0.4) is 0 Å². The minimum atomic E-state index is -0.438. The highest BCUT2D eigenvalue weighted by Crippen LogP contribution is 2.47. The molecule has 0 N–H and O–H groups in total. The van der Waals surface area contributed by atoms with Crippen LogP contribution in [0.25, 0.3) is 32.3 Å². The summed E-state index contributed by atoms with van der Waals surface area (Å²) in [6, 6.07) is 30.1. The fraction of sp³-hybridized carbons (Fsp3) is 0.429. The van der Waals surface area contributed by atoms with E-state index in [1.807, 2.05) is 24.3 Å². The van der Waals surface area contributed by atoms with Crippen LogP contribution in [0, 0.1) is 0 Å². The number of hydrogen-bond acceptors (Lipinski definition) is 10. The topological polar surface area (TPSA) is 108 Å². The Hall–Kier alpha value is -6.16. The van der Waals surface area contributed by atoms with Gasteiger partial charge in [-0.2, -0.15) is 0 Å². The maximum Gasteiger partial charge on any atom is 0.338 e. The van der Waals surface area contributed by atoms with Crippen LogP contribution < -0.4 is 28.4 Å². The lowest BCUT2D eigenvalue weighted by Crippen LogP contribution is -2.14. The predicted molar refractivity (Wildman–Crippen MR) is 263 cm³/mol. The van der Waals surface area contributed by atoms with Gasteiger partial charge >= 0.3 is 11.9 Å². The first-order chi connectivity index (χ1) is 32.4. The summed E-state index contributed by atoms with van der Waals surface area (Å²) in [6.45, 7) is 11.1. The first-order valence-corrected chi connectivity index (χ1v) is 24.2. The van der Waals surface area contributed by atoms with Crippen molar-refractivity contribution in [3.8, 4) is 34.5 Å². The second-order valence-electron chi connectivity index (χ2n) is 16.5. The molecule has 0 spiro atoms. The monoisotopic (exact) mass is 900 g/mol. The van der Waals surface area contributed by atoms with E-state index in [0.717, 1.165) is 109 Å². The van der Waals surface area contributed by atoms with E-state index in [9.17, 15) is 9.59 Å². The molecule has 0 aliphatic heterocycles. The maximum atomic E-state index is 12.8. The van der Waals surface area contributed by atoms with Gasteiger partial charge in [-0.1, -0.05) is 115 Å². The normalized spacial score (nSPS) is 11.2. The zero-order valence-electron chi connectivity index (χ0n) is 39.5. The van der Waals surface area contributed by atoms with Crippen LogP contribution in [0.15, 0.2) is 97.1 Å². The minimum absolute atomic E-state index is 0.00655. The van der Waals surface area contributed by atoms with Gasteiger partial charge in [-0.25, -0.2) is 9.59 Å². The Balaban J connectivity index is 1.48. The summed E-state index contributed by atoms with van der Waals surface area (Å²) in [5.74, 6) is 2.75. The van der Waals surface area contributed by atoms with Crippen LogP contribution in [0.1, 0.15) is 125 Å². The van der Waals surface area contributed by atoms with Gasteiger partial charge in [0, 0.05) is 0 Å². The van der Waals surface area contributed by atoms with Crippen molar-refractivity contribution in [3.05, 3.63) is 108 Å². The third kappa shape index (κ3) is 13.9. The van der Waals surface area contributed by atoms with E-state index in [1.54, 1.807) is 48.5 Å². The molecule has 0 heterocycles. The Morgan fingerprint density at radius 3 is 0.803 bits per heavy atom. The summed E-state index contributed by atoms with van der Waals surface area (Å²) in [5.41, 5.74) is 0.917. The van der Waals surface area contributed by atoms with E-state index in [1.165, 1.54) is 0 Å². The van der Waals surface area contributed by atoms with Crippen LogP contribution in [0.5, 0.6) is 34.5 Å². The molecule has 6 rings (SSSR count). The van der Waals surface area contributed by atoms with Crippen molar-refractivity contribution in [1.82, 2.24) is 0 Å². The third-order valence-electron chi connectivity index (χ3n) is 11.3. The number of unbranched alkanes of at least 4 members (excludes halogenated alkanes) is 8. The number of benzene rings is 6.